The summed E-state index contributed by atoms with van der Waals surface area (Å²) in [5.74, 6) is 0. The number of hydrogen-bond donors (Lipinski definition) is 0. The maximum Gasteiger partial charge on any atom is -0.0308 e. The van der Waals surface area contributed by atoms with Gasteiger partial charge in [0.05, 0.1) is 0 Å². The lowest BCUT2D eigenvalue weighted by Crippen LogP contribution is -1.74. The van der Waals surface area contributed by atoms with Crippen LogP contribution in [0.4, 0.5) is 0 Å². The van der Waals surface area contributed by atoms with Crippen LogP contribution in [0.3, 0.4) is 0 Å². The normalized spacial score (nSPS) is 10.4. The molecule has 0 amide bonds. The van der Waals surface area contributed by atoms with Crippen LogP contribution in [-0.2, 0) is 0 Å². The van der Waals surface area contributed by atoms with Crippen molar-refractivity contribution >= 4 is 0 Å². The SMILES string of the molecule is C=C(C)C(=C)C=CCCCC. The van der Waals surface area contributed by atoms with Crippen LogP contribution < -0.4 is 0 Å². The molecule has 0 aromatic heterocycles. The maximum absolute atomic E-state index is 3.87. The lowest BCUT2D eigenvalue weighted by Gasteiger charge is -1.95. The Morgan fingerprint density at radius 2 is 2.00 bits per heavy atom. The van der Waals surface area contributed by atoms with E-state index < -0.39 is 0 Å². The molecule has 0 radical (unpaired) electrons. The van der Waals surface area contributed by atoms with Crippen molar-refractivity contribution in [3.05, 3.63) is 36.5 Å². The molecule has 0 unspecified atom stereocenters. The van der Waals surface area contributed by atoms with Crippen molar-refractivity contribution < 1.29 is 0 Å². The summed E-state index contributed by atoms with van der Waals surface area (Å²) in [7, 11) is 0. The van der Waals surface area contributed by atoms with E-state index in [1.807, 2.05) is 6.92 Å². The molecule has 0 aliphatic rings. The average molecular weight is 150 g/mol. The van der Waals surface area contributed by atoms with Crippen molar-refractivity contribution in [2.45, 2.75) is 33.1 Å². The number of unbranched alkanes of at least 4 members (excludes halogenated alkanes) is 2. The van der Waals surface area contributed by atoms with Gasteiger partial charge in [0.15, 0.2) is 0 Å². The third kappa shape index (κ3) is 5.65. The summed E-state index contributed by atoms with van der Waals surface area (Å²) < 4.78 is 0. The van der Waals surface area contributed by atoms with Crippen LogP contribution in [0.15, 0.2) is 36.5 Å². The van der Waals surface area contributed by atoms with Crippen LogP contribution in [0.5, 0.6) is 0 Å². The van der Waals surface area contributed by atoms with Gasteiger partial charge in [0, 0.05) is 0 Å². The minimum absolute atomic E-state index is 1.04. The Kier molecular flexibility index (Phi) is 5.54. The van der Waals surface area contributed by atoms with Gasteiger partial charge in [0.25, 0.3) is 0 Å². The van der Waals surface area contributed by atoms with E-state index >= 15 is 0 Å². The Labute approximate surface area is 70.3 Å². The van der Waals surface area contributed by atoms with Crippen molar-refractivity contribution in [3.63, 3.8) is 0 Å². The molecule has 0 saturated carbocycles. The van der Waals surface area contributed by atoms with E-state index in [1.165, 1.54) is 12.8 Å². The van der Waals surface area contributed by atoms with Gasteiger partial charge in [0.1, 0.15) is 0 Å². The molecule has 0 N–H and O–H groups in total. The highest BCUT2D eigenvalue weighted by molar-refractivity contribution is 5.33. The molecule has 0 saturated heterocycles. The second-order valence-corrected chi connectivity index (χ2v) is 2.85. The van der Waals surface area contributed by atoms with Gasteiger partial charge in [-0.15, -0.1) is 0 Å². The molecule has 0 aliphatic carbocycles. The summed E-state index contributed by atoms with van der Waals surface area (Å²) >= 11 is 0. The minimum Gasteiger partial charge on any atom is -0.0955 e. The summed E-state index contributed by atoms with van der Waals surface area (Å²) in [5, 5.41) is 0. The number of hydrogen-bond acceptors (Lipinski definition) is 0. The van der Waals surface area contributed by atoms with Gasteiger partial charge in [0.2, 0.25) is 0 Å². The van der Waals surface area contributed by atoms with Gasteiger partial charge in [-0.3, -0.25) is 0 Å². The Balaban J connectivity index is 3.57. The first-order chi connectivity index (χ1) is 5.18. The van der Waals surface area contributed by atoms with Gasteiger partial charge in [-0.1, -0.05) is 50.6 Å². The summed E-state index contributed by atoms with van der Waals surface area (Å²) in [6.07, 6.45) is 7.89. The molecule has 0 heterocycles. The molecule has 0 nitrogen and oxygen atoms in total. The fourth-order valence-electron chi connectivity index (χ4n) is 0.690. The average Bonchev–Trinajstić information content (AvgIpc) is 1.97. The number of rotatable bonds is 5. The highest BCUT2D eigenvalue weighted by atomic mass is 13.9. The summed E-state index contributed by atoms with van der Waals surface area (Å²) in [6, 6.07) is 0. The quantitative estimate of drug-likeness (QED) is 0.412. The van der Waals surface area contributed by atoms with Crippen molar-refractivity contribution in [3.8, 4) is 0 Å². The van der Waals surface area contributed by atoms with Crippen molar-refractivity contribution in [1.82, 2.24) is 0 Å². The molecule has 0 rings (SSSR count). The van der Waals surface area contributed by atoms with Crippen LogP contribution in [0, 0.1) is 0 Å². The molecule has 0 atom stereocenters. The van der Waals surface area contributed by atoms with Gasteiger partial charge in [-0.05, 0) is 18.9 Å². The van der Waals surface area contributed by atoms with Gasteiger partial charge >= 0.3 is 0 Å². The van der Waals surface area contributed by atoms with Crippen molar-refractivity contribution in [2.24, 2.45) is 0 Å². The second kappa shape index (κ2) is 5.96. The predicted molar refractivity (Wildman–Crippen MR) is 52.6 cm³/mol. The molecule has 0 heteroatoms. The van der Waals surface area contributed by atoms with E-state index in [2.05, 4.69) is 32.2 Å². The van der Waals surface area contributed by atoms with Crippen LogP contribution in [0.25, 0.3) is 0 Å². The second-order valence-electron chi connectivity index (χ2n) is 2.85. The van der Waals surface area contributed by atoms with E-state index in [-0.39, 0.29) is 0 Å². The summed E-state index contributed by atoms with van der Waals surface area (Å²) in [5.41, 5.74) is 2.10. The first-order valence-corrected chi connectivity index (χ1v) is 4.19. The van der Waals surface area contributed by atoms with E-state index in [0.29, 0.717) is 0 Å². The Morgan fingerprint density at radius 3 is 2.45 bits per heavy atom. The van der Waals surface area contributed by atoms with Crippen LogP contribution in [0.1, 0.15) is 33.1 Å². The lowest BCUT2D eigenvalue weighted by molar-refractivity contribution is 0.814. The van der Waals surface area contributed by atoms with Gasteiger partial charge in [-0.2, -0.15) is 0 Å². The molecule has 0 aromatic rings. The van der Waals surface area contributed by atoms with E-state index in [1.54, 1.807) is 0 Å². The highest BCUT2D eigenvalue weighted by Crippen LogP contribution is 2.06. The van der Waals surface area contributed by atoms with Gasteiger partial charge < -0.3 is 0 Å². The van der Waals surface area contributed by atoms with E-state index in [9.17, 15) is 0 Å². The minimum atomic E-state index is 1.04. The Bertz CT molecular complexity index is 161. The standard InChI is InChI=1S/C11H18/c1-5-6-7-8-9-11(4)10(2)3/h8-9H,2,4-7H2,1,3H3. The molecule has 0 bridgehead atoms. The predicted octanol–water partition coefficient (Wildman–Crippen LogP) is 3.87. The highest BCUT2D eigenvalue weighted by Gasteiger charge is 1.85. The van der Waals surface area contributed by atoms with E-state index in [4.69, 9.17) is 0 Å². The fraction of sp³-hybridized carbons (Fsp3) is 0.455. The van der Waals surface area contributed by atoms with Crippen LogP contribution in [-0.4, -0.2) is 0 Å². The fourth-order valence-corrected chi connectivity index (χ4v) is 0.690. The third-order valence-corrected chi connectivity index (χ3v) is 1.59. The first-order valence-electron chi connectivity index (χ1n) is 4.19. The zero-order valence-electron chi connectivity index (χ0n) is 7.69. The molecular formula is C11H18. The molecule has 0 spiro atoms. The summed E-state index contributed by atoms with van der Waals surface area (Å²) in [4.78, 5) is 0. The van der Waals surface area contributed by atoms with E-state index in [0.717, 1.165) is 17.6 Å². The van der Waals surface area contributed by atoms with Crippen molar-refractivity contribution in [1.29, 1.82) is 0 Å². The zero-order chi connectivity index (χ0) is 8.69. The van der Waals surface area contributed by atoms with Crippen molar-refractivity contribution in [2.75, 3.05) is 0 Å². The Hall–Kier alpha value is -0.780. The molecule has 0 fully saturated rings. The molecular weight excluding hydrogens is 132 g/mol. The first kappa shape index (κ1) is 10.2. The molecule has 0 aromatic carbocycles. The van der Waals surface area contributed by atoms with Crippen LogP contribution in [0.2, 0.25) is 0 Å². The lowest BCUT2D eigenvalue weighted by atomic mass is 10.1. The zero-order valence-corrected chi connectivity index (χ0v) is 7.69. The van der Waals surface area contributed by atoms with Crippen LogP contribution >= 0.6 is 0 Å². The smallest absolute Gasteiger partial charge is 0.0308 e. The third-order valence-electron chi connectivity index (χ3n) is 1.59. The summed E-state index contributed by atoms with van der Waals surface area (Å²) in [6.45, 7) is 11.8. The topological polar surface area (TPSA) is 0 Å². The number of allylic oxidation sites excluding steroid dienone is 4. The molecule has 11 heavy (non-hydrogen) atoms. The maximum atomic E-state index is 3.87. The molecule has 0 aliphatic heterocycles. The largest absolute Gasteiger partial charge is 0.0955 e. The van der Waals surface area contributed by atoms with Gasteiger partial charge in [-0.25, -0.2) is 0 Å². The monoisotopic (exact) mass is 150 g/mol. The Morgan fingerprint density at radius 1 is 1.36 bits per heavy atom. The molecule has 62 valence electrons.